The molecule has 10 heterocycles. The van der Waals surface area contributed by atoms with Gasteiger partial charge in [-0.25, -0.2) is 36.5 Å². The first-order valence-corrected chi connectivity index (χ1v) is 34.1. The number of rotatable bonds is 20. The summed E-state index contributed by atoms with van der Waals surface area (Å²) in [6, 6.07) is 51.9. The lowest BCUT2D eigenvalue weighted by Crippen LogP contribution is -2.32. The van der Waals surface area contributed by atoms with Gasteiger partial charge in [0.15, 0.2) is 17.4 Å². The summed E-state index contributed by atoms with van der Waals surface area (Å²) in [4.78, 5) is 62.6. The van der Waals surface area contributed by atoms with Gasteiger partial charge in [0.2, 0.25) is 10.0 Å². The van der Waals surface area contributed by atoms with Crippen LogP contribution in [-0.4, -0.2) is 101 Å². The molecule has 5 aromatic carbocycles. The summed E-state index contributed by atoms with van der Waals surface area (Å²) in [7, 11) is -2.63. The van der Waals surface area contributed by atoms with Crippen molar-refractivity contribution in [3.8, 4) is 57.2 Å². The van der Waals surface area contributed by atoms with Crippen LogP contribution in [0.4, 0.5) is 13.2 Å². The molecule has 0 spiro atoms. The van der Waals surface area contributed by atoms with Crippen molar-refractivity contribution in [1.29, 1.82) is 0 Å². The fraction of sp³-hybridized carbons (Fsp3) is 0.0972. The van der Waals surface area contributed by atoms with Crippen LogP contribution < -0.4 is 11.1 Å². The zero-order valence-corrected chi connectivity index (χ0v) is 56.2. The van der Waals surface area contributed by atoms with E-state index in [2.05, 4.69) is 60.7 Å². The van der Waals surface area contributed by atoms with Gasteiger partial charge in [-0.05, 0) is 73.2 Å². The maximum atomic E-state index is 14.3. The number of benzene rings is 5. The topological polar surface area (TPSA) is 303 Å². The Hall–Kier alpha value is -12.3. The van der Waals surface area contributed by atoms with Crippen molar-refractivity contribution in [2.45, 2.75) is 59.2 Å². The molecule has 9 aromatic heterocycles. The number of halogens is 3. The number of nitrogens with zero attached hydrogens (tertiary/aromatic N) is 14. The zero-order chi connectivity index (χ0) is 70.7. The summed E-state index contributed by atoms with van der Waals surface area (Å²) in [6.45, 7) is 2.59. The van der Waals surface area contributed by atoms with E-state index in [1.54, 1.807) is 117 Å². The molecule has 0 radical (unpaired) electrons. The number of hydrogen-bond acceptors (Lipinski definition) is 20. The molecule has 0 fully saturated rings. The molecule has 0 aliphatic carbocycles. The molecule has 2 N–H and O–H groups in total. The third-order valence-corrected chi connectivity index (χ3v) is 19.4. The minimum atomic E-state index is -4.05. The van der Waals surface area contributed by atoms with Crippen LogP contribution in [0, 0.1) is 24.4 Å². The Morgan fingerprint density at radius 1 is 0.520 bits per heavy atom. The van der Waals surface area contributed by atoms with Crippen molar-refractivity contribution in [2.24, 2.45) is 4.99 Å². The highest BCUT2D eigenvalue weighted by molar-refractivity contribution is 7.99. The smallest absolute Gasteiger partial charge is 0.265 e. The number of sulfonamides is 1. The van der Waals surface area contributed by atoms with E-state index in [0.29, 0.717) is 94.3 Å². The van der Waals surface area contributed by atoms with Gasteiger partial charge in [-0.15, -0.1) is 0 Å². The predicted octanol–water partition coefficient (Wildman–Crippen LogP) is 12.7. The molecule has 1 aliphatic heterocycles. The van der Waals surface area contributed by atoms with Gasteiger partial charge >= 0.3 is 0 Å². The number of aliphatic imine (C=N–C) groups is 1. The molecule has 0 atom stereocenters. The first-order valence-electron chi connectivity index (χ1n) is 31.1. The number of nitrogens with one attached hydrogen (secondary N) is 2. The first kappa shape index (κ1) is 68.3. The van der Waals surface area contributed by atoms with Crippen LogP contribution in [-0.2, 0) is 41.0 Å². The Labute approximate surface area is 586 Å². The number of ketones is 1. The highest BCUT2D eigenvalue weighted by atomic mass is 32.2. The molecule has 14 aromatic rings. The first-order chi connectivity index (χ1) is 49.6. The minimum Gasteiger partial charge on any atom is -0.364 e. The van der Waals surface area contributed by atoms with Crippen molar-refractivity contribution < 1.29 is 40.0 Å². The van der Waals surface area contributed by atoms with E-state index in [4.69, 9.17) is 13.6 Å². The number of aromatic amines is 2. The van der Waals surface area contributed by atoms with Crippen molar-refractivity contribution in [1.82, 2.24) is 74.0 Å². The quantitative estimate of drug-likeness (QED) is 0.0716. The predicted molar refractivity (Wildman–Crippen MR) is 372 cm³/mol. The zero-order valence-electron chi connectivity index (χ0n) is 53.8. The molecule has 0 saturated heterocycles. The average Bonchev–Trinajstić information content (AvgIpc) is 1.50. The molecule has 0 saturated carbocycles. The molecule has 0 amide bonds. The molecule has 24 nitrogen and oxygen atoms in total. The van der Waals surface area contributed by atoms with E-state index < -0.39 is 15.8 Å². The maximum Gasteiger partial charge on any atom is 0.265 e. The number of carbonyl (C=O) groups excluding carboxylic acids is 1. The number of pyridine rings is 1. The number of carbonyl (C=O) groups is 1. The van der Waals surface area contributed by atoms with Gasteiger partial charge in [-0.1, -0.05) is 148 Å². The van der Waals surface area contributed by atoms with Gasteiger partial charge in [0.05, 0.1) is 64.8 Å². The van der Waals surface area contributed by atoms with Crippen molar-refractivity contribution >= 4 is 45.0 Å². The third-order valence-electron chi connectivity index (χ3n) is 15.6. The maximum absolute atomic E-state index is 14.3. The molecule has 0 unspecified atom stereocenters. The Kier molecular flexibility index (Phi) is 20.7. The average molecular weight is 1430 g/mol. The van der Waals surface area contributed by atoms with E-state index >= 15 is 0 Å². The highest BCUT2D eigenvalue weighted by Gasteiger charge is 2.33. The Bertz CT molecular complexity index is 5570. The molecular weight excluding hydrogens is 1370 g/mol. The summed E-state index contributed by atoms with van der Waals surface area (Å²) in [5, 5.41) is 26.2. The summed E-state index contributed by atoms with van der Waals surface area (Å²) < 4.78 is 89.7. The molecule has 1 aliphatic rings. The largest absolute Gasteiger partial charge is 0.364 e. The summed E-state index contributed by atoms with van der Waals surface area (Å²) in [5.74, 6) is -1.03. The second kappa shape index (κ2) is 30.9. The number of aromatic nitrogens is 14. The number of aryl methyl sites for hydroxylation is 1. The van der Waals surface area contributed by atoms with Crippen molar-refractivity contribution in [2.75, 3.05) is 7.05 Å². The Morgan fingerprint density at radius 2 is 0.971 bits per heavy atom. The lowest BCUT2D eigenvalue weighted by molar-refractivity contribution is -0.114. The summed E-state index contributed by atoms with van der Waals surface area (Å²) >= 11 is 2.56. The minimum absolute atomic E-state index is 0.107. The number of allylic oxidation sites excluding steroid dienone is 1. The second-order valence-corrected chi connectivity index (χ2v) is 26.8. The van der Waals surface area contributed by atoms with Gasteiger partial charge in [0.1, 0.15) is 80.3 Å². The fourth-order valence-electron chi connectivity index (χ4n) is 10.4. The highest BCUT2D eigenvalue weighted by Crippen LogP contribution is 2.31. The number of H-pyrrole nitrogens is 2. The Morgan fingerprint density at radius 3 is 1.41 bits per heavy atom. The van der Waals surface area contributed by atoms with Gasteiger partial charge in [0.25, 0.3) is 11.1 Å². The van der Waals surface area contributed by atoms with E-state index in [1.807, 2.05) is 73.7 Å². The standard InChI is InChI=1S/C26H22FN5O4S.C24H18FN5O2S.C22H15FN6O2S/c1-31(16-18-7-3-2-4-8-18)37(34,35)26-15-28-22(14-25(26)33)23-13-24(21-11-12-36-30-21)32(29-23)17-19-9-5-6-10-20(19)27;1-15-6-8-17(9-7-15)33-22-13-26-23(27-24(22)31)20-12-21(19-10-11-32-29-19)30(28-20)14-16-4-2-3-5-18(16)25;23-15-6-2-1-5-14(15)13-29-18(16-8-10-31-28-16)11-17(27-29)21-25-12-19(22(30)26-21)32-20-7-3-4-9-24-20/h2-13,15H,14,16-17H2,1H3;2-13H,14H2,1H3,(H,26,27,31);1-12H,13H2,(H,25,26,30). The van der Waals surface area contributed by atoms with Crippen molar-refractivity contribution in [3.05, 3.63) is 302 Å². The van der Waals surface area contributed by atoms with Gasteiger partial charge in [-0.3, -0.25) is 33.4 Å². The van der Waals surface area contributed by atoms with E-state index in [-0.39, 0.29) is 71.9 Å². The molecule has 30 heteroatoms. The van der Waals surface area contributed by atoms with Crippen LogP contribution in [0.3, 0.4) is 0 Å². The van der Waals surface area contributed by atoms with E-state index in [1.165, 1.54) is 80.0 Å². The molecule has 15 rings (SSSR count). The molecule has 510 valence electrons. The van der Waals surface area contributed by atoms with Crippen LogP contribution in [0.5, 0.6) is 0 Å². The van der Waals surface area contributed by atoms with Crippen LogP contribution in [0.25, 0.3) is 57.2 Å². The third kappa shape index (κ3) is 16.1. The van der Waals surface area contributed by atoms with Gasteiger partial charge in [-0.2, -0.15) is 19.6 Å². The number of hydrogen-bond donors (Lipinski definition) is 2. The monoisotopic (exact) mass is 1420 g/mol. The van der Waals surface area contributed by atoms with Gasteiger partial charge < -0.3 is 23.5 Å². The fourth-order valence-corrected chi connectivity index (χ4v) is 13.1. The summed E-state index contributed by atoms with van der Waals surface area (Å²) in [5.41, 5.74) is 7.53. The Balaban J connectivity index is 0.000000137. The molecule has 102 heavy (non-hydrogen) atoms. The van der Waals surface area contributed by atoms with Crippen molar-refractivity contribution in [3.63, 3.8) is 0 Å². The van der Waals surface area contributed by atoms with Crippen LogP contribution in [0.15, 0.2) is 278 Å². The van der Waals surface area contributed by atoms with E-state index in [9.17, 15) is 36.0 Å². The normalized spacial score (nSPS) is 12.2. The molecule has 0 bridgehead atoms. The van der Waals surface area contributed by atoms with Crippen LogP contribution >= 0.6 is 23.5 Å². The summed E-state index contributed by atoms with van der Waals surface area (Å²) in [6.07, 6.45) is 9.80. The lowest BCUT2D eigenvalue weighted by Gasteiger charge is -2.20. The van der Waals surface area contributed by atoms with E-state index in [0.717, 1.165) is 26.5 Å². The van der Waals surface area contributed by atoms with Gasteiger partial charge in [0, 0.05) is 72.0 Å². The molecular formula is C72H55F3N16O8S3. The van der Waals surface area contributed by atoms with Crippen LogP contribution in [0.2, 0.25) is 0 Å². The number of Topliss-reactive ketones (excluding diaryl/α,β-unsaturated/α-hetero) is 1. The van der Waals surface area contributed by atoms with Crippen LogP contribution in [0.1, 0.15) is 39.9 Å². The second-order valence-electron chi connectivity index (χ2n) is 22.6. The SMILES string of the molecule is CN(Cc1ccccc1)S(=O)(=O)C1=CN=C(c2cc(-c3ccon3)n(Cc3ccccc3F)n2)CC1=O.Cc1ccc(Sc2cnc(-c3cc(-c4ccon4)n(Cc4ccccc4F)n3)[nH]c2=O)cc1.O=c1[nH]c(-c2cc(-c3ccon3)n(Cc3ccccc3F)n2)ncc1Sc1ccccn1. The lowest BCUT2D eigenvalue weighted by atomic mass is 10.1.